The van der Waals surface area contributed by atoms with Crippen LogP contribution in [0.5, 0.6) is 0 Å². The molecule has 114 valence electrons. The van der Waals surface area contributed by atoms with E-state index in [4.69, 9.17) is 22.7 Å². The summed E-state index contributed by atoms with van der Waals surface area (Å²) in [5.74, 6) is -1.51. The Bertz CT molecular complexity index is 560. The van der Waals surface area contributed by atoms with Crippen molar-refractivity contribution in [2.45, 2.75) is 19.4 Å². The number of thiocarbonyl (C=S) groups is 1. The molecular formula is C14H16F2N2O2S. The predicted octanol–water partition coefficient (Wildman–Crippen LogP) is 1.66. The van der Waals surface area contributed by atoms with Crippen molar-refractivity contribution in [2.24, 2.45) is 11.1 Å². The number of nitrogens with two attached hydrogens (primary N) is 1. The maximum atomic E-state index is 13.5. The number of amides is 1. The second-order valence-electron chi connectivity index (χ2n) is 4.98. The van der Waals surface area contributed by atoms with Gasteiger partial charge in [0.25, 0.3) is 0 Å². The lowest BCUT2D eigenvalue weighted by molar-refractivity contribution is -0.131. The summed E-state index contributed by atoms with van der Waals surface area (Å²) in [6.45, 7) is 0.659. The van der Waals surface area contributed by atoms with Gasteiger partial charge in [-0.25, -0.2) is 8.78 Å². The lowest BCUT2D eigenvalue weighted by atomic mass is 9.79. The van der Waals surface area contributed by atoms with E-state index >= 15 is 0 Å². The molecule has 0 radical (unpaired) electrons. The Morgan fingerprint density at radius 2 is 2.05 bits per heavy atom. The number of benzene rings is 1. The van der Waals surface area contributed by atoms with Crippen molar-refractivity contribution in [3.05, 3.63) is 35.4 Å². The predicted molar refractivity (Wildman–Crippen MR) is 77.5 cm³/mol. The van der Waals surface area contributed by atoms with Crippen LogP contribution in [0.2, 0.25) is 0 Å². The van der Waals surface area contributed by atoms with Crippen LogP contribution in [0.3, 0.4) is 0 Å². The maximum absolute atomic E-state index is 13.5. The largest absolute Gasteiger partial charge is 0.392 e. The maximum Gasteiger partial charge on any atom is 0.233 e. The Labute approximate surface area is 126 Å². The Kier molecular flexibility index (Phi) is 4.84. The van der Waals surface area contributed by atoms with Crippen LogP contribution in [-0.2, 0) is 16.1 Å². The summed E-state index contributed by atoms with van der Waals surface area (Å²) in [7, 11) is 0. The molecule has 0 aliphatic carbocycles. The molecule has 0 spiro atoms. The van der Waals surface area contributed by atoms with Gasteiger partial charge in [-0.3, -0.25) is 4.79 Å². The number of hydrogen-bond acceptors (Lipinski definition) is 3. The average molecular weight is 314 g/mol. The van der Waals surface area contributed by atoms with E-state index in [1.54, 1.807) is 0 Å². The van der Waals surface area contributed by atoms with E-state index in [0.717, 1.165) is 18.2 Å². The van der Waals surface area contributed by atoms with E-state index in [2.05, 4.69) is 5.32 Å². The van der Waals surface area contributed by atoms with E-state index in [1.807, 2.05) is 0 Å². The molecule has 0 saturated carbocycles. The average Bonchev–Trinajstić information content (AvgIpc) is 2.48. The van der Waals surface area contributed by atoms with Crippen LogP contribution in [0.4, 0.5) is 8.78 Å². The highest BCUT2D eigenvalue weighted by molar-refractivity contribution is 7.80. The van der Waals surface area contributed by atoms with Gasteiger partial charge in [-0.15, -0.1) is 0 Å². The normalized spacial score (nSPS) is 17.2. The fraction of sp³-hybridized carbons (Fsp3) is 0.429. The molecule has 3 N–H and O–H groups in total. The summed E-state index contributed by atoms with van der Waals surface area (Å²) in [4.78, 5) is 12.5. The molecule has 1 amide bonds. The van der Waals surface area contributed by atoms with Gasteiger partial charge in [-0.1, -0.05) is 12.2 Å². The SMILES string of the molecule is NC(=S)C1(C(=O)NCc2cc(F)ccc2F)CCOCC1. The lowest BCUT2D eigenvalue weighted by Gasteiger charge is -2.34. The van der Waals surface area contributed by atoms with Gasteiger partial charge >= 0.3 is 0 Å². The van der Waals surface area contributed by atoms with E-state index in [0.29, 0.717) is 26.1 Å². The van der Waals surface area contributed by atoms with Crippen molar-refractivity contribution < 1.29 is 18.3 Å². The van der Waals surface area contributed by atoms with Crippen LogP contribution in [0.1, 0.15) is 18.4 Å². The number of rotatable bonds is 4. The van der Waals surface area contributed by atoms with E-state index in [1.165, 1.54) is 0 Å². The smallest absolute Gasteiger partial charge is 0.233 e. The molecule has 4 nitrogen and oxygen atoms in total. The molecule has 1 saturated heterocycles. The molecule has 0 bridgehead atoms. The van der Waals surface area contributed by atoms with Crippen molar-refractivity contribution >= 4 is 23.1 Å². The second kappa shape index (κ2) is 6.44. The van der Waals surface area contributed by atoms with Crippen molar-refractivity contribution in [1.29, 1.82) is 0 Å². The minimum absolute atomic E-state index is 0.0773. The highest BCUT2D eigenvalue weighted by atomic mass is 32.1. The van der Waals surface area contributed by atoms with E-state index in [-0.39, 0.29) is 23.0 Å². The molecule has 1 aliphatic rings. The number of hydrogen-bond donors (Lipinski definition) is 2. The fourth-order valence-corrected chi connectivity index (χ4v) is 2.63. The zero-order valence-electron chi connectivity index (χ0n) is 11.3. The molecule has 1 aromatic carbocycles. The third-order valence-electron chi connectivity index (χ3n) is 3.70. The van der Waals surface area contributed by atoms with Crippen LogP contribution in [0.25, 0.3) is 0 Å². The van der Waals surface area contributed by atoms with Crippen LogP contribution >= 0.6 is 12.2 Å². The van der Waals surface area contributed by atoms with Gasteiger partial charge in [0.05, 0.1) is 4.99 Å². The monoisotopic (exact) mass is 314 g/mol. The van der Waals surface area contributed by atoms with Gasteiger partial charge in [-0.2, -0.15) is 0 Å². The van der Waals surface area contributed by atoms with Gasteiger partial charge in [0.1, 0.15) is 17.0 Å². The highest BCUT2D eigenvalue weighted by Gasteiger charge is 2.42. The van der Waals surface area contributed by atoms with Crippen molar-refractivity contribution in [1.82, 2.24) is 5.32 Å². The molecule has 1 heterocycles. The first-order valence-electron chi connectivity index (χ1n) is 6.55. The third kappa shape index (κ3) is 3.36. The van der Waals surface area contributed by atoms with Gasteiger partial charge < -0.3 is 15.8 Å². The molecular weight excluding hydrogens is 298 g/mol. The first kappa shape index (κ1) is 15.8. The van der Waals surface area contributed by atoms with E-state index < -0.39 is 17.0 Å². The van der Waals surface area contributed by atoms with Gasteiger partial charge in [0.15, 0.2) is 0 Å². The summed E-state index contributed by atoms with van der Waals surface area (Å²) < 4.78 is 31.8. The molecule has 1 aromatic rings. The topological polar surface area (TPSA) is 64.4 Å². The molecule has 0 unspecified atom stereocenters. The van der Waals surface area contributed by atoms with Crippen molar-refractivity contribution in [3.63, 3.8) is 0 Å². The fourth-order valence-electron chi connectivity index (χ4n) is 2.33. The van der Waals surface area contributed by atoms with Crippen LogP contribution in [0.15, 0.2) is 18.2 Å². The van der Waals surface area contributed by atoms with E-state index in [9.17, 15) is 13.6 Å². The summed E-state index contributed by atoms with van der Waals surface area (Å²) in [6.07, 6.45) is 0.777. The minimum Gasteiger partial charge on any atom is -0.392 e. The molecule has 1 fully saturated rings. The number of carbonyl (C=O) groups excluding carboxylic acids is 1. The van der Waals surface area contributed by atoms with Gasteiger partial charge in [-0.05, 0) is 31.0 Å². The van der Waals surface area contributed by atoms with Gasteiger partial charge in [0.2, 0.25) is 5.91 Å². The Morgan fingerprint density at radius 1 is 1.38 bits per heavy atom. The lowest BCUT2D eigenvalue weighted by Crippen LogP contribution is -2.51. The van der Waals surface area contributed by atoms with Crippen molar-refractivity contribution in [2.75, 3.05) is 13.2 Å². The number of halogens is 2. The zero-order chi connectivity index (χ0) is 15.5. The third-order valence-corrected chi connectivity index (χ3v) is 4.09. The van der Waals surface area contributed by atoms with Crippen LogP contribution < -0.4 is 11.1 Å². The Morgan fingerprint density at radius 3 is 2.67 bits per heavy atom. The highest BCUT2D eigenvalue weighted by Crippen LogP contribution is 2.31. The molecule has 7 heteroatoms. The van der Waals surface area contributed by atoms with Crippen molar-refractivity contribution in [3.8, 4) is 0 Å². The molecule has 0 atom stereocenters. The Balaban J connectivity index is 2.09. The Hall–Kier alpha value is -1.60. The standard InChI is InChI=1S/C14H16F2N2O2S/c15-10-1-2-11(16)9(7-10)8-18-13(19)14(12(17)21)3-5-20-6-4-14/h1-2,7H,3-6,8H2,(H2,17,21)(H,18,19). The molecule has 21 heavy (non-hydrogen) atoms. The summed E-state index contributed by atoms with van der Waals surface area (Å²) in [5.41, 5.74) is 4.81. The van der Waals surface area contributed by atoms with Gasteiger partial charge in [0, 0.05) is 25.3 Å². The molecule has 2 rings (SSSR count). The zero-order valence-corrected chi connectivity index (χ0v) is 12.1. The molecule has 0 aromatic heterocycles. The minimum atomic E-state index is -0.975. The first-order valence-corrected chi connectivity index (χ1v) is 6.96. The summed E-state index contributed by atoms with van der Waals surface area (Å²) in [6, 6.07) is 3.09. The quantitative estimate of drug-likeness (QED) is 0.830. The number of ether oxygens (including phenoxy) is 1. The first-order chi connectivity index (χ1) is 9.95. The molecule has 1 aliphatic heterocycles. The summed E-state index contributed by atoms with van der Waals surface area (Å²) >= 11 is 5.01. The van der Waals surface area contributed by atoms with Crippen LogP contribution in [0, 0.1) is 17.0 Å². The second-order valence-corrected chi connectivity index (χ2v) is 5.42. The number of nitrogens with one attached hydrogen (secondary N) is 1. The number of carbonyl (C=O) groups is 1. The van der Waals surface area contributed by atoms with Crippen LogP contribution in [-0.4, -0.2) is 24.1 Å². The summed E-state index contributed by atoms with van der Waals surface area (Å²) in [5, 5.41) is 2.59.